The monoisotopic (exact) mass is 561 g/mol. The first-order chi connectivity index (χ1) is 19.6. The zero-order valence-electron chi connectivity index (χ0n) is 25.6. The molecule has 2 amide bonds. The number of hydrogen-bond donors (Lipinski definition) is 2. The largest absolute Gasteiger partial charge is 0.495 e. The van der Waals surface area contributed by atoms with Gasteiger partial charge in [-0.15, -0.1) is 0 Å². The van der Waals surface area contributed by atoms with Crippen LogP contribution in [-0.4, -0.2) is 67.8 Å². The molecule has 0 saturated carbocycles. The van der Waals surface area contributed by atoms with Crippen molar-refractivity contribution in [3.05, 3.63) is 83.0 Å². The van der Waals surface area contributed by atoms with Gasteiger partial charge in [-0.05, 0) is 68.7 Å². The molecule has 1 atom stereocenters. The molecule has 1 aliphatic heterocycles. The van der Waals surface area contributed by atoms with Crippen molar-refractivity contribution < 1.29 is 19.4 Å². The Labute approximate surface area is 245 Å². The predicted octanol–water partition coefficient (Wildman–Crippen LogP) is 5.35. The molecule has 1 aliphatic carbocycles. The number of rotatable bonds is 10. The minimum absolute atomic E-state index is 0.208. The van der Waals surface area contributed by atoms with Crippen molar-refractivity contribution in [2.75, 3.05) is 44.8 Å². The molecule has 3 rings (SSSR count). The van der Waals surface area contributed by atoms with Gasteiger partial charge in [0.05, 0.1) is 19.4 Å². The van der Waals surface area contributed by atoms with Crippen LogP contribution in [0.1, 0.15) is 53.9 Å². The summed E-state index contributed by atoms with van der Waals surface area (Å²) in [6.45, 7) is 12.6. The highest BCUT2D eigenvalue weighted by atomic mass is 16.5. The number of nitrogens with one attached hydrogen (secondary N) is 1. The number of ether oxygens (including phenoxy) is 1. The summed E-state index contributed by atoms with van der Waals surface area (Å²) in [4.78, 5) is 29.5. The molecule has 2 aliphatic rings. The molecule has 0 spiro atoms. The highest BCUT2D eigenvalue weighted by molar-refractivity contribution is 5.93. The molecular formula is C34H47N3O4. The van der Waals surface area contributed by atoms with Crippen LogP contribution in [0.25, 0.3) is 0 Å². The van der Waals surface area contributed by atoms with Crippen LogP contribution in [0.15, 0.2) is 83.0 Å². The van der Waals surface area contributed by atoms with Gasteiger partial charge in [0.1, 0.15) is 11.8 Å². The van der Waals surface area contributed by atoms with E-state index in [4.69, 9.17) is 4.74 Å². The lowest BCUT2D eigenvalue weighted by atomic mass is 9.72. The first kappa shape index (κ1) is 31.9. The minimum atomic E-state index is -0.984. The number of hydrogen-bond acceptors (Lipinski definition) is 5. The first-order valence-electron chi connectivity index (χ1n) is 14.6. The number of aliphatic hydroxyl groups is 1. The number of benzene rings is 1. The SMILES string of the molecule is COc1ccccc1N1CCN(C(=O)C(CO)NC(=O)C=C(C)C=CC=C(C)C=CC2=C(C)CCCC2(C)C)CC1. The Morgan fingerprint density at radius 3 is 2.46 bits per heavy atom. The van der Waals surface area contributed by atoms with Gasteiger partial charge < -0.3 is 25.0 Å². The lowest BCUT2D eigenvalue weighted by Crippen LogP contribution is -2.56. The van der Waals surface area contributed by atoms with E-state index in [0.29, 0.717) is 26.2 Å². The van der Waals surface area contributed by atoms with Crippen molar-refractivity contribution in [3.63, 3.8) is 0 Å². The van der Waals surface area contributed by atoms with E-state index < -0.39 is 18.6 Å². The number of anilines is 1. The van der Waals surface area contributed by atoms with Gasteiger partial charge in [-0.3, -0.25) is 9.59 Å². The smallest absolute Gasteiger partial charge is 0.247 e. The molecule has 1 aromatic rings. The fourth-order valence-corrected chi connectivity index (χ4v) is 5.57. The van der Waals surface area contributed by atoms with Gasteiger partial charge in [-0.1, -0.05) is 67.5 Å². The molecule has 2 N–H and O–H groups in total. The summed E-state index contributed by atoms with van der Waals surface area (Å²) in [6.07, 6.45) is 15.3. The molecule has 0 radical (unpaired) electrons. The highest BCUT2D eigenvalue weighted by Gasteiger charge is 2.29. The fourth-order valence-electron chi connectivity index (χ4n) is 5.57. The average molecular weight is 562 g/mol. The minimum Gasteiger partial charge on any atom is -0.495 e. The molecule has 1 fully saturated rings. The van der Waals surface area contributed by atoms with Crippen LogP contribution in [0.3, 0.4) is 0 Å². The maximum atomic E-state index is 13.1. The Morgan fingerprint density at radius 1 is 1.10 bits per heavy atom. The summed E-state index contributed by atoms with van der Waals surface area (Å²) in [5.41, 5.74) is 5.97. The van der Waals surface area contributed by atoms with Crippen molar-refractivity contribution in [2.24, 2.45) is 5.41 Å². The molecule has 41 heavy (non-hydrogen) atoms. The van der Waals surface area contributed by atoms with E-state index in [1.54, 1.807) is 12.0 Å². The molecule has 222 valence electrons. The van der Waals surface area contributed by atoms with Crippen molar-refractivity contribution in [3.8, 4) is 5.75 Å². The topological polar surface area (TPSA) is 82.1 Å². The number of carbonyl (C=O) groups is 2. The van der Waals surface area contributed by atoms with Crippen LogP contribution in [0.4, 0.5) is 5.69 Å². The second kappa shape index (κ2) is 14.9. The fraction of sp³-hybridized carbons (Fsp3) is 0.471. The summed E-state index contributed by atoms with van der Waals surface area (Å²) in [5.74, 6) is 0.107. The second-order valence-electron chi connectivity index (χ2n) is 11.7. The van der Waals surface area contributed by atoms with Crippen LogP contribution < -0.4 is 15.0 Å². The normalized spacial score (nSPS) is 19.2. The van der Waals surface area contributed by atoms with Gasteiger partial charge in [0.15, 0.2) is 0 Å². The second-order valence-corrected chi connectivity index (χ2v) is 11.7. The number of para-hydroxylation sites is 2. The zero-order valence-corrected chi connectivity index (χ0v) is 25.6. The summed E-state index contributed by atoms with van der Waals surface area (Å²) in [5, 5.41) is 12.5. The lowest BCUT2D eigenvalue weighted by Gasteiger charge is -2.37. The van der Waals surface area contributed by atoms with Crippen LogP contribution in [-0.2, 0) is 9.59 Å². The summed E-state index contributed by atoms with van der Waals surface area (Å²) in [6, 6.07) is 6.82. The van der Waals surface area contributed by atoms with E-state index in [9.17, 15) is 14.7 Å². The number of allylic oxidation sites excluding steroid dienone is 9. The molecule has 7 heteroatoms. The van der Waals surface area contributed by atoms with E-state index in [0.717, 1.165) is 22.6 Å². The Kier molecular flexibility index (Phi) is 11.6. The number of aliphatic hydroxyl groups excluding tert-OH is 1. The number of amides is 2. The molecular weight excluding hydrogens is 514 g/mol. The molecule has 1 aromatic carbocycles. The van der Waals surface area contributed by atoms with Gasteiger partial charge in [0.2, 0.25) is 11.8 Å². The Hall–Kier alpha value is -3.58. The number of carbonyl (C=O) groups excluding carboxylic acids is 2. The lowest BCUT2D eigenvalue weighted by molar-refractivity contribution is -0.137. The van der Waals surface area contributed by atoms with Crippen LogP contribution in [0.2, 0.25) is 0 Å². The van der Waals surface area contributed by atoms with Crippen molar-refractivity contribution in [1.82, 2.24) is 10.2 Å². The third-order valence-electron chi connectivity index (χ3n) is 7.95. The van der Waals surface area contributed by atoms with Gasteiger partial charge in [-0.25, -0.2) is 0 Å². The van der Waals surface area contributed by atoms with Crippen molar-refractivity contribution >= 4 is 17.5 Å². The van der Waals surface area contributed by atoms with Crippen molar-refractivity contribution in [1.29, 1.82) is 0 Å². The molecule has 0 aromatic heterocycles. The summed E-state index contributed by atoms with van der Waals surface area (Å²) in [7, 11) is 1.65. The van der Waals surface area contributed by atoms with Crippen LogP contribution >= 0.6 is 0 Å². The van der Waals surface area contributed by atoms with Crippen molar-refractivity contribution in [2.45, 2.75) is 59.9 Å². The molecule has 1 heterocycles. The molecule has 1 saturated heterocycles. The zero-order chi connectivity index (χ0) is 30.0. The summed E-state index contributed by atoms with van der Waals surface area (Å²) >= 11 is 0. The van der Waals surface area contributed by atoms with E-state index in [1.807, 2.05) is 49.4 Å². The van der Waals surface area contributed by atoms with Gasteiger partial charge in [0.25, 0.3) is 0 Å². The van der Waals surface area contributed by atoms with Crippen LogP contribution in [0.5, 0.6) is 5.75 Å². The molecule has 7 nitrogen and oxygen atoms in total. The third-order valence-corrected chi connectivity index (χ3v) is 7.95. The van der Waals surface area contributed by atoms with E-state index >= 15 is 0 Å². The molecule has 0 bridgehead atoms. The Bertz CT molecular complexity index is 1230. The summed E-state index contributed by atoms with van der Waals surface area (Å²) < 4.78 is 5.46. The van der Waals surface area contributed by atoms with E-state index in [-0.39, 0.29) is 11.3 Å². The Morgan fingerprint density at radius 2 is 1.80 bits per heavy atom. The predicted molar refractivity (Wildman–Crippen MR) is 167 cm³/mol. The van der Waals surface area contributed by atoms with E-state index in [1.165, 1.54) is 36.5 Å². The number of piperazine rings is 1. The van der Waals surface area contributed by atoms with Gasteiger partial charge in [0, 0.05) is 32.3 Å². The third kappa shape index (κ3) is 8.95. The maximum absolute atomic E-state index is 13.1. The van der Waals surface area contributed by atoms with Gasteiger partial charge >= 0.3 is 0 Å². The van der Waals surface area contributed by atoms with Crippen LogP contribution in [0, 0.1) is 5.41 Å². The number of nitrogens with zero attached hydrogens (tertiary/aromatic N) is 2. The quantitative estimate of drug-likeness (QED) is 0.297. The maximum Gasteiger partial charge on any atom is 0.247 e. The van der Waals surface area contributed by atoms with Gasteiger partial charge in [-0.2, -0.15) is 0 Å². The average Bonchev–Trinajstić information content (AvgIpc) is 2.95. The van der Waals surface area contributed by atoms with E-state index in [2.05, 4.69) is 50.1 Å². The molecule has 1 unspecified atom stereocenters. The highest BCUT2D eigenvalue weighted by Crippen LogP contribution is 2.40. The standard InChI is InChI=1S/C34H47N3O4/c1-25(16-17-28-27(3)13-10-18-34(28,4)5)11-9-12-26(2)23-32(39)35-29(24-38)33(40)37-21-19-36(20-22-37)30-14-7-8-15-31(30)41-6/h7-9,11-12,14-17,23,29,38H,10,13,18-22,24H2,1-6H3,(H,35,39). The Balaban J connectivity index is 1.52. The first-order valence-corrected chi connectivity index (χ1v) is 14.6. The number of methoxy groups -OCH3 is 1.